The molecular weight excluding hydrogens is 823 g/mol. The third kappa shape index (κ3) is 8.76. The van der Waals surface area contributed by atoms with Crippen LogP contribution in [-0.4, -0.2) is 122 Å². The van der Waals surface area contributed by atoms with Crippen molar-refractivity contribution in [1.29, 1.82) is 5.26 Å². The van der Waals surface area contributed by atoms with Crippen molar-refractivity contribution in [3.63, 3.8) is 0 Å². The minimum absolute atomic E-state index is 0.110. The van der Waals surface area contributed by atoms with Crippen molar-refractivity contribution < 1.29 is 44.4 Å². The number of aromatic nitrogens is 1. The third-order valence-corrected chi connectivity index (χ3v) is 11.7. The maximum Gasteiger partial charge on any atom is 0.262 e. The van der Waals surface area contributed by atoms with Crippen molar-refractivity contribution in [2.24, 2.45) is 5.92 Å². The maximum atomic E-state index is 13.6. The topological polar surface area (TPSA) is 170 Å². The number of amides is 4. The van der Waals surface area contributed by atoms with Crippen molar-refractivity contribution in [1.82, 2.24) is 25.0 Å². The molecule has 1 unspecified atom stereocenters. The number of methoxy groups -OCH3 is 2. The first-order valence-corrected chi connectivity index (χ1v) is 20.3. The molecule has 0 radical (unpaired) electrons. The number of carbonyl (C=O) groups excluding carboxylic acids is 4. The Labute approximate surface area is 374 Å². The van der Waals surface area contributed by atoms with Crippen molar-refractivity contribution >= 4 is 74.8 Å². The number of piperazine rings is 1. The summed E-state index contributed by atoms with van der Waals surface area (Å²) in [5.74, 6) is -2.30. The molecule has 15 nitrogen and oxygen atoms in total. The van der Waals surface area contributed by atoms with Gasteiger partial charge in [0.25, 0.3) is 11.8 Å². The second-order valence-electron chi connectivity index (χ2n) is 14.8. The van der Waals surface area contributed by atoms with Gasteiger partial charge in [-0.25, -0.2) is 0 Å². The number of rotatable bonds is 13. The summed E-state index contributed by atoms with van der Waals surface area (Å²) in [5, 5.41) is 16.4. The van der Waals surface area contributed by atoms with Crippen LogP contribution in [0.1, 0.15) is 69.3 Å². The minimum Gasteiger partial charge on any atom is -0.495 e. The Morgan fingerprint density at radius 1 is 0.902 bits per heavy atom. The lowest BCUT2D eigenvalue weighted by Crippen LogP contribution is -2.54. The molecule has 0 aliphatic carbocycles. The normalized spacial score (nSPS) is 24.1. The van der Waals surface area contributed by atoms with Crippen LogP contribution < -0.4 is 29.7 Å². The molecular formula is C44H46Cl2N8O7. The summed E-state index contributed by atoms with van der Waals surface area (Å²) in [6, 6.07) is 10.7. The number of hydrogen-bond donors (Lipinski definition) is 2. The number of fused-ring (bicyclic) bond motifs is 2. The van der Waals surface area contributed by atoms with Gasteiger partial charge >= 0.3 is 0 Å². The first-order valence-electron chi connectivity index (χ1n) is 23.6. The van der Waals surface area contributed by atoms with E-state index in [1.807, 2.05) is 0 Å². The molecule has 4 aromatic rings. The molecule has 1 aromatic heterocycles. The van der Waals surface area contributed by atoms with E-state index < -0.39 is 61.3 Å². The SMILES string of the molecule is [2H]C1([2H])N(CC2CCN(CCCOc3cc4ncc(C#N)c(Nc5cc(OC)c(Cl)cc5Cl)c4cc3OC)CC2)C([2H])([2H])C([2H])([2H])N(c2ccc3c(c2)C(=O)N(C2CCC(=O)NC2=O)C3=O)C1([2H])[2H]. The third-order valence-electron chi connectivity index (χ3n) is 11.1. The second-order valence-corrected chi connectivity index (χ2v) is 15.6. The maximum absolute atomic E-state index is 13.6. The molecule has 1 atom stereocenters. The fraction of sp³-hybridized carbons (Fsp3) is 0.409. The Morgan fingerprint density at radius 2 is 1.66 bits per heavy atom. The van der Waals surface area contributed by atoms with Crippen molar-refractivity contribution in [3.8, 4) is 23.3 Å². The summed E-state index contributed by atoms with van der Waals surface area (Å²) in [6.07, 6.45) is 2.79. The largest absolute Gasteiger partial charge is 0.495 e. The Morgan fingerprint density at radius 3 is 2.38 bits per heavy atom. The van der Waals surface area contributed by atoms with Crippen LogP contribution in [0.3, 0.4) is 0 Å². The van der Waals surface area contributed by atoms with Gasteiger partial charge in [0.1, 0.15) is 17.9 Å². The summed E-state index contributed by atoms with van der Waals surface area (Å²) >= 11 is 12.7. The molecule has 3 aromatic carbocycles. The number of carbonyl (C=O) groups is 4. The predicted molar refractivity (Wildman–Crippen MR) is 230 cm³/mol. The monoisotopic (exact) mass is 876 g/mol. The molecule has 8 rings (SSSR count). The zero-order valence-electron chi connectivity index (χ0n) is 41.1. The number of nitrogens with one attached hydrogen (secondary N) is 2. The fourth-order valence-electron chi connectivity index (χ4n) is 7.82. The van der Waals surface area contributed by atoms with E-state index in [1.165, 1.54) is 26.5 Å². The second kappa shape index (κ2) is 18.1. The molecule has 2 N–H and O–H groups in total. The highest BCUT2D eigenvalue weighted by molar-refractivity contribution is 6.37. The molecule has 318 valence electrons. The number of anilines is 3. The van der Waals surface area contributed by atoms with E-state index in [1.54, 1.807) is 18.2 Å². The predicted octanol–water partition coefficient (Wildman–Crippen LogP) is 5.88. The van der Waals surface area contributed by atoms with Gasteiger partial charge in [0.15, 0.2) is 11.5 Å². The molecule has 4 aliphatic rings. The van der Waals surface area contributed by atoms with Crippen LogP contribution in [0.15, 0.2) is 48.7 Å². The minimum atomic E-state index is -3.23. The number of nitrogens with zero attached hydrogens (tertiary/aromatic N) is 6. The van der Waals surface area contributed by atoms with Gasteiger partial charge in [0, 0.05) is 80.4 Å². The number of pyridine rings is 1. The summed E-state index contributed by atoms with van der Waals surface area (Å²) in [6.45, 7) is -11.0. The lowest BCUT2D eigenvalue weighted by Gasteiger charge is -2.39. The standard InChI is InChI=1S/C44H46Cl2N8O7/c1-59-37-22-35(32(45)20-33(37)46)49-41-27(23-47)24-48-34-21-39(38(60-2)19-31(34)41)61-17-3-10-51-11-8-26(9-12-51)25-52-13-15-53(16-14-52)28-4-5-29-30(18-28)44(58)54(43(29)57)36-6-7-40(55)50-42(36)56/h4-5,18-22,24,26,36H,3,6-17,25H2,1-2H3,(H,48,49)(H,50,55,56)/i13D2,14D2,15D2,16D2. The van der Waals surface area contributed by atoms with Crippen LogP contribution in [0.25, 0.3) is 10.9 Å². The van der Waals surface area contributed by atoms with Crippen LogP contribution >= 0.6 is 23.2 Å². The summed E-state index contributed by atoms with van der Waals surface area (Å²) in [4.78, 5) is 59.5. The zero-order valence-corrected chi connectivity index (χ0v) is 34.7. The Bertz CT molecular complexity index is 2780. The van der Waals surface area contributed by atoms with Crippen LogP contribution in [-0.2, 0) is 9.59 Å². The lowest BCUT2D eigenvalue weighted by molar-refractivity contribution is -0.136. The van der Waals surface area contributed by atoms with Gasteiger partial charge in [0.2, 0.25) is 11.8 Å². The Balaban J connectivity index is 0.898. The molecule has 17 heteroatoms. The van der Waals surface area contributed by atoms with Crippen LogP contribution in [0.4, 0.5) is 17.1 Å². The van der Waals surface area contributed by atoms with E-state index in [-0.39, 0.29) is 42.0 Å². The number of nitriles is 1. The van der Waals surface area contributed by atoms with Gasteiger partial charge in [-0.2, -0.15) is 5.26 Å². The number of imide groups is 2. The average Bonchev–Trinajstić information content (AvgIpc) is 3.54. The van der Waals surface area contributed by atoms with Crippen LogP contribution in [0.2, 0.25) is 10.0 Å². The molecule has 3 saturated heterocycles. The Kier molecular flexibility index (Phi) is 9.82. The van der Waals surface area contributed by atoms with Crippen molar-refractivity contribution in [2.75, 3.05) is 83.2 Å². The van der Waals surface area contributed by atoms with Gasteiger partial charge in [-0.15, -0.1) is 0 Å². The van der Waals surface area contributed by atoms with E-state index in [0.29, 0.717) is 110 Å². The zero-order chi connectivity index (χ0) is 50.0. The van der Waals surface area contributed by atoms with Gasteiger partial charge in [-0.1, -0.05) is 23.2 Å². The van der Waals surface area contributed by atoms with Gasteiger partial charge < -0.3 is 29.3 Å². The van der Waals surface area contributed by atoms with Crippen LogP contribution in [0, 0.1) is 17.2 Å². The fourth-order valence-corrected chi connectivity index (χ4v) is 8.33. The van der Waals surface area contributed by atoms with E-state index in [4.69, 9.17) is 48.4 Å². The van der Waals surface area contributed by atoms with E-state index in [0.717, 1.165) is 18.2 Å². The average molecular weight is 878 g/mol. The number of likely N-dealkylation sites (tertiary alicyclic amines) is 1. The molecule has 5 heterocycles. The molecule has 4 amide bonds. The van der Waals surface area contributed by atoms with Gasteiger partial charge in [0.05, 0.1) is 69.9 Å². The first kappa shape index (κ1) is 33.0. The highest BCUT2D eigenvalue weighted by Gasteiger charge is 2.45. The first-order chi connectivity index (χ1) is 32.6. The number of benzene rings is 3. The number of piperidine rings is 2. The quantitative estimate of drug-likeness (QED) is 0.121. The molecule has 0 bridgehead atoms. The number of hydrogen-bond acceptors (Lipinski definition) is 13. The van der Waals surface area contributed by atoms with Crippen molar-refractivity contribution in [2.45, 2.75) is 38.1 Å². The highest BCUT2D eigenvalue weighted by Crippen LogP contribution is 2.41. The lowest BCUT2D eigenvalue weighted by atomic mass is 9.95. The molecule has 4 aliphatic heterocycles. The summed E-state index contributed by atoms with van der Waals surface area (Å²) < 4.78 is 89.6. The number of ether oxygens (including phenoxy) is 3. The van der Waals surface area contributed by atoms with E-state index in [9.17, 15) is 24.4 Å². The molecule has 61 heavy (non-hydrogen) atoms. The van der Waals surface area contributed by atoms with Gasteiger partial charge in [-0.05, 0) is 75.0 Å². The Hall–Kier alpha value is -5.66. The molecule has 3 fully saturated rings. The van der Waals surface area contributed by atoms with Crippen molar-refractivity contribution in [3.05, 3.63) is 75.4 Å². The van der Waals surface area contributed by atoms with Crippen LogP contribution in [0.5, 0.6) is 17.2 Å². The smallest absolute Gasteiger partial charge is 0.262 e. The van der Waals surface area contributed by atoms with Gasteiger partial charge in [-0.3, -0.25) is 39.3 Å². The summed E-state index contributed by atoms with van der Waals surface area (Å²) in [7, 11) is 2.97. The summed E-state index contributed by atoms with van der Waals surface area (Å²) in [5.41, 5.74) is 0.796. The number of halogens is 2. The van der Waals surface area contributed by atoms with E-state index in [2.05, 4.69) is 26.6 Å². The molecule has 0 saturated carbocycles. The van der Waals surface area contributed by atoms with E-state index >= 15 is 0 Å². The molecule has 0 spiro atoms. The highest BCUT2D eigenvalue weighted by atomic mass is 35.5.